The summed E-state index contributed by atoms with van der Waals surface area (Å²) < 4.78 is 6.27. The lowest BCUT2D eigenvalue weighted by Crippen LogP contribution is -2.46. The number of carbonyl (C=O) groups excluding carboxylic acids is 2. The Morgan fingerprint density at radius 1 is 1.23 bits per heavy atom. The van der Waals surface area contributed by atoms with Gasteiger partial charge < -0.3 is 10.1 Å². The number of carbonyl (C=O) groups is 2. The fraction of sp³-hybridized carbons (Fsp3) is 0.261. The van der Waals surface area contributed by atoms with Crippen LogP contribution in [0.5, 0.6) is 5.75 Å². The van der Waals surface area contributed by atoms with Crippen molar-refractivity contribution in [3.05, 3.63) is 75.7 Å². The van der Waals surface area contributed by atoms with Gasteiger partial charge in [-0.2, -0.15) is 5.10 Å². The van der Waals surface area contributed by atoms with Gasteiger partial charge in [0.25, 0.3) is 11.8 Å². The highest BCUT2D eigenvalue weighted by Crippen LogP contribution is 2.25. The van der Waals surface area contributed by atoms with Gasteiger partial charge in [-0.3, -0.25) is 9.59 Å². The average Bonchev–Trinajstić information content (AvgIpc) is 2.72. The first-order valence-electron chi connectivity index (χ1n) is 9.72. The number of hydrazone groups is 1. The molecule has 0 bridgehead atoms. The van der Waals surface area contributed by atoms with Gasteiger partial charge in [-0.1, -0.05) is 38.1 Å². The minimum atomic E-state index is -0.721. The van der Waals surface area contributed by atoms with E-state index in [1.165, 1.54) is 6.21 Å². The van der Waals surface area contributed by atoms with Crippen molar-refractivity contribution in [3.63, 3.8) is 0 Å². The highest BCUT2D eigenvalue weighted by Gasteiger charge is 2.22. The monoisotopic (exact) mass is 505 g/mol. The SMILES string of the molecule is C=CCOc1ccc(C=NNC(=O)C(CC(C)C)NC(=O)c2ccc(Cl)cc2)cc1Br. The second-order valence-corrected chi connectivity index (χ2v) is 8.48. The van der Waals surface area contributed by atoms with E-state index in [0.29, 0.717) is 29.4 Å². The summed E-state index contributed by atoms with van der Waals surface area (Å²) in [5.74, 6) is 0.144. The molecule has 0 saturated carbocycles. The number of amides is 2. The van der Waals surface area contributed by atoms with Gasteiger partial charge in [0, 0.05) is 10.6 Å². The van der Waals surface area contributed by atoms with Crippen LogP contribution in [0.15, 0.2) is 64.7 Å². The molecule has 0 fully saturated rings. The molecule has 164 valence electrons. The molecule has 8 heteroatoms. The highest BCUT2D eigenvalue weighted by molar-refractivity contribution is 9.10. The molecule has 2 rings (SSSR count). The van der Waals surface area contributed by atoms with E-state index in [1.807, 2.05) is 26.0 Å². The van der Waals surface area contributed by atoms with E-state index >= 15 is 0 Å². The number of halogens is 2. The van der Waals surface area contributed by atoms with Crippen LogP contribution in [0, 0.1) is 5.92 Å². The molecule has 0 aliphatic carbocycles. The molecule has 0 aliphatic rings. The number of nitrogens with zero attached hydrogens (tertiary/aromatic N) is 1. The molecule has 2 N–H and O–H groups in total. The lowest BCUT2D eigenvalue weighted by molar-refractivity contribution is -0.123. The molecule has 2 aromatic rings. The summed E-state index contributed by atoms with van der Waals surface area (Å²) in [7, 11) is 0. The molecule has 1 unspecified atom stereocenters. The number of benzene rings is 2. The Kier molecular flexibility index (Phi) is 9.75. The average molecular weight is 507 g/mol. The Morgan fingerprint density at radius 2 is 1.94 bits per heavy atom. The van der Waals surface area contributed by atoms with Crippen LogP contribution in [-0.4, -0.2) is 30.7 Å². The summed E-state index contributed by atoms with van der Waals surface area (Å²) in [5, 5.41) is 7.33. The highest BCUT2D eigenvalue weighted by atomic mass is 79.9. The lowest BCUT2D eigenvalue weighted by atomic mass is 10.0. The number of hydrogen-bond acceptors (Lipinski definition) is 4. The van der Waals surface area contributed by atoms with Gasteiger partial charge in [0.1, 0.15) is 18.4 Å². The first-order valence-corrected chi connectivity index (χ1v) is 10.9. The van der Waals surface area contributed by atoms with Crippen LogP contribution < -0.4 is 15.5 Å². The summed E-state index contributed by atoms with van der Waals surface area (Å²) in [6.07, 6.45) is 3.66. The predicted molar refractivity (Wildman–Crippen MR) is 128 cm³/mol. The van der Waals surface area contributed by atoms with Crippen LogP contribution in [0.1, 0.15) is 36.2 Å². The van der Waals surface area contributed by atoms with E-state index in [1.54, 1.807) is 36.4 Å². The summed E-state index contributed by atoms with van der Waals surface area (Å²) in [6.45, 7) is 7.98. The maximum Gasteiger partial charge on any atom is 0.262 e. The zero-order valence-electron chi connectivity index (χ0n) is 17.4. The minimum Gasteiger partial charge on any atom is -0.488 e. The third-order valence-corrected chi connectivity index (χ3v) is 5.01. The normalized spacial score (nSPS) is 11.9. The molecular weight excluding hydrogens is 482 g/mol. The Hall–Kier alpha value is -2.64. The van der Waals surface area contributed by atoms with E-state index < -0.39 is 11.9 Å². The van der Waals surface area contributed by atoms with E-state index in [2.05, 4.69) is 38.4 Å². The molecule has 0 saturated heterocycles. The molecule has 2 aromatic carbocycles. The van der Waals surface area contributed by atoms with Crippen LogP contribution in [0.3, 0.4) is 0 Å². The quantitative estimate of drug-likeness (QED) is 0.271. The minimum absolute atomic E-state index is 0.198. The van der Waals surface area contributed by atoms with Crippen molar-refractivity contribution in [3.8, 4) is 5.75 Å². The van der Waals surface area contributed by atoms with Gasteiger partial charge in [-0.05, 0) is 76.3 Å². The van der Waals surface area contributed by atoms with Gasteiger partial charge >= 0.3 is 0 Å². The maximum absolute atomic E-state index is 12.6. The third kappa shape index (κ3) is 8.19. The molecule has 1 atom stereocenters. The van der Waals surface area contributed by atoms with E-state index in [4.69, 9.17) is 16.3 Å². The van der Waals surface area contributed by atoms with Gasteiger partial charge in [-0.25, -0.2) is 5.43 Å². The Morgan fingerprint density at radius 3 is 2.55 bits per heavy atom. The zero-order valence-corrected chi connectivity index (χ0v) is 19.7. The van der Waals surface area contributed by atoms with Gasteiger partial charge in [0.2, 0.25) is 0 Å². The van der Waals surface area contributed by atoms with Crippen LogP contribution in [0.4, 0.5) is 0 Å². The summed E-state index contributed by atoms with van der Waals surface area (Å²) >= 11 is 9.30. The van der Waals surface area contributed by atoms with E-state index in [0.717, 1.165) is 10.0 Å². The van der Waals surface area contributed by atoms with Crippen molar-refractivity contribution in [1.82, 2.24) is 10.7 Å². The summed E-state index contributed by atoms with van der Waals surface area (Å²) in [4.78, 5) is 25.1. The molecule has 0 radical (unpaired) electrons. The molecular formula is C23H25BrClN3O3. The van der Waals surface area contributed by atoms with Crippen LogP contribution in [0.2, 0.25) is 5.02 Å². The second kappa shape index (κ2) is 12.3. The van der Waals surface area contributed by atoms with Crippen molar-refractivity contribution in [2.24, 2.45) is 11.0 Å². The Labute approximate surface area is 195 Å². The standard InChI is InChI=1S/C23H25BrClN3O3/c1-4-11-31-21-10-5-16(13-19(21)24)14-26-28-23(30)20(12-15(2)3)27-22(29)17-6-8-18(25)9-7-17/h4-10,13-15,20H,1,11-12H2,2-3H3,(H,27,29)(H,28,30). The van der Waals surface area contributed by atoms with E-state index in [9.17, 15) is 9.59 Å². The third-order valence-electron chi connectivity index (χ3n) is 4.14. The van der Waals surface area contributed by atoms with Crippen molar-refractivity contribution >= 4 is 45.6 Å². The fourth-order valence-electron chi connectivity index (χ4n) is 2.66. The molecule has 0 spiro atoms. The van der Waals surface area contributed by atoms with Crippen LogP contribution in [-0.2, 0) is 4.79 Å². The Balaban J connectivity index is 2.01. The predicted octanol–water partition coefficient (Wildman–Crippen LogP) is 4.96. The largest absolute Gasteiger partial charge is 0.488 e. The van der Waals surface area contributed by atoms with Gasteiger partial charge in [-0.15, -0.1) is 0 Å². The first-order chi connectivity index (χ1) is 14.8. The molecule has 2 amide bonds. The number of hydrogen-bond donors (Lipinski definition) is 2. The molecule has 6 nitrogen and oxygen atoms in total. The second-order valence-electron chi connectivity index (χ2n) is 7.19. The topological polar surface area (TPSA) is 79.8 Å². The maximum atomic E-state index is 12.6. The van der Waals surface area contributed by atoms with Crippen molar-refractivity contribution in [2.75, 3.05) is 6.61 Å². The molecule has 31 heavy (non-hydrogen) atoms. The van der Waals surface area contributed by atoms with Gasteiger partial charge in [0.15, 0.2) is 0 Å². The lowest BCUT2D eigenvalue weighted by Gasteiger charge is -2.19. The number of nitrogens with one attached hydrogen (secondary N) is 2. The van der Waals surface area contributed by atoms with Gasteiger partial charge in [0.05, 0.1) is 10.7 Å². The van der Waals surface area contributed by atoms with Crippen LogP contribution >= 0.6 is 27.5 Å². The van der Waals surface area contributed by atoms with Crippen molar-refractivity contribution in [2.45, 2.75) is 26.3 Å². The molecule has 0 aliphatic heterocycles. The summed E-state index contributed by atoms with van der Waals surface area (Å²) in [6, 6.07) is 11.2. The molecule has 0 heterocycles. The zero-order chi connectivity index (χ0) is 22.8. The Bertz CT molecular complexity index is 946. The smallest absolute Gasteiger partial charge is 0.262 e. The number of ether oxygens (including phenoxy) is 1. The first kappa shape index (κ1) is 24.6. The van der Waals surface area contributed by atoms with Crippen molar-refractivity contribution < 1.29 is 14.3 Å². The summed E-state index contributed by atoms with van der Waals surface area (Å²) in [5.41, 5.74) is 3.70. The number of rotatable bonds is 10. The van der Waals surface area contributed by atoms with Crippen LogP contribution in [0.25, 0.3) is 0 Å². The fourth-order valence-corrected chi connectivity index (χ4v) is 3.29. The van der Waals surface area contributed by atoms with Crippen molar-refractivity contribution in [1.29, 1.82) is 0 Å². The van der Waals surface area contributed by atoms with E-state index in [-0.39, 0.29) is 11.8 Å². The molecule has 0 aromatic heterocycles.